The molecule has 0 radical (unpaired) electrons. The minimum absolute atomic E-state index is 0.270. The van der Waals surface area contributed by atoms with Gasteiger partial charge in [0, 0.05) is 25.8 Å². The van der Waals surface area contributed by atoms with E-state index in [1.807, 2.05) is 12.1 Å². The van der Waals surface area contributed by atoms with Gasteiger partial charge >= 0.3 is 6.18 Å². The molecule has 0 unspecified atom stereocenters. The van der Waals surface area contributed by atoms with Crippen LogP contribution in [0.4, 0.5) is 17.6 Å². The van der Waals surface area contributed by atoms with Crippen LogP contribution >= 0.6 is 0 Å². The number of fused-ring (bicyclic) bond motifs is 1. The molecular weight excluding hydrogens is 492 g/mol. The fourth-order valence-electron chi connectivity index (χ4n) is 5.74. The van der Waals surface area contributed by atoms with E-state index in [0.29, 0.717) is 24.3 Å². The Morgan fingerprint density at radius 1 is 1.00 bits per heavy atom. The number of alkyl halides is 4. The standard InChI is InChI=1S/C31H32F4N2O/c1-38-30-28(31(33,34)35)17-25(18-36-30)27-9-4-7-23-6-2-3-8-26(23)29(27)24-12-10-21(11-13-24)16-22-19-37(20-22)15-5-14-32/h2-3,6,8,10-13,17-18,22H,4-5,7,9,14-16,19-20H2,1H3. The Morgan fingerprint density at radius 3 is 2.47 bits per heavy atom. The zero-order chi connectivity index (χ0) is 26.7. The van der Waals surface area contributed by atoms with E-state index in [9.17, 15) is 17.6 Å². The molecule has 200 valence electrons. The first-order valence-corrected chi connectivity index (χ1v) is 13.2. The van der Waals surface area contributed by atoms with Crippen LogP contribution < -0.4 is 4.74 Å². The molecule has 0 spiro atoms. The van der Waals surface area contributed by atoms with Gasteiger partial charge in [-0.05, 0) is 83.1 Å². The molecule has 2 aliphatic rings. The van der Waals surface area contributed by atoms with Crippen LogP contribution in [0.15, 0.2) is 60.8 Å². The highest BCUT2D eigenvalue weighted by Gasteiger charge is 2.36. The highest BCUT2D eigenvalue weighted by molar-refractivity contribution is 5.99. The van der Waals surface area contributed by atoms with Gasteiger partial charge in [-0.25, -0.2) is 4.98 Å². The number of ether oxygens (including phenoxy) is 1. The predicted octanol–water partition coefficient (Wildman–Crippen LogP) is 7.24. The molecule has 3 aromatic rings. The fraction of sp³-hybridized carbons (Fsp3) is 0.387. The first kappa shape index (κ1) is 26.4. The van der Waals surface area contributed by atoms with E-state index in [4.69, 9.17) is 4.74 Å². The van der Waals surface area contributed by atoms with Crippen LogP contribution in [-0.2, 0) is 19.0 Å². The summed E-state index contributed by atoms with van der Waals surface area (Å²) in [5.74, 6) is 0.154. The smallest absolute Gasteiger partial charge is 0.421 e. The van der Waals surface area contributed by atoms with Crippen molar-refractivity contribution in [3.8, 4) is 5.88 Å². The summed E-state index contributed by atoms with van der Waals surface area (Å²) in [6.45, 7) is 2.54. The molecule has 1 saturated heterocycles. The lowest BCUT2D eigenvalue weighted by Crippen LogP contribution is -2.47. The Labute approximate surface area is 221 Å². The van der Waals surface area contributed by atoms with Gasteiger partial charge in [-0.15, -0.1) is 0 Å². The fourth-order valence-corrected chi connectivity index (χ4v) is 5.74. The van der Waals surface area contributed by atoms with Crippen LogP contribution in [-0.4, -0.2) is 43.3 Å². The summed E-state index contributed by atoms with van der Waals surface area (Å²) in [5, 5.41) is 0. The molecular formula is C31H32F4N2O. The van der Waals surface area contributed by atoms with E-state index in [1.165, 1.54) is 30.5 Å². The van der Waals surface area contributed by atoms with E-state index < -0.39 is 17.6 Å². The van der Waals surface area contributed by atoms with Gasteiger partial charge in [0.25, 0.3) is 0 Å². The number of aromatic nitrogens is 1. The van der Waals surface area contributed by atoms with Crippen molar-refractivity contribution in [2.45, 2.75) is 38.3 Å². The number of halogens is 4. The predicted molar refractivity (Wildman–Crippen MR) is 142 cm³/mol. The summed E-state index contributed by atoms with van der Waals surface area (Å²) in [6.07, 6.45) is 0.827. The molecule has 5 rings (SSSR count). The number of likely N-dealkylation sites (tertiary alicyclic amines) is 1. The van der Waals surface area contributed by atoms with Gasteiger partial charge in [-0.2, -0.15) is 13.2 Å². The number of aryl methyl sites for hydroxylation is 1. The normalized spacial score (nSPS) is 16.7. The SMILES string of the molecule is COc1ncc(C2=C(c3ccc(CC4CN(CCCF)C4)cc3)c3ccccc3CCC2)cc1C(F)(F)F. The quantitative estimate of drug-likeness (QED) is 0.291. The van der Waals surface area contributed by atoms with Crippen LogP contribution in [0.2, 0.25) is 0 Å². The highest BCUT2D eigenvalue weighted by Crippen LogP contribution is 2.42. The number of nitrogens with zero attached hydrogens (tertiary/aromatic N) is 2. The van der Waals surface area contributed by atoms with Crippen molar-refractivity contribution in [1.82, 2.24) is 9.88 Å². The maximum atomic E-state index is 13.8. The van der Waals surface area contributed by atoms with Crippen molar-refractivity contribution in [2.24, 2.45) is 5.92 Å². The number of pyridine rings is 1. The number of rotatable bonds is 8. The molecule has 0 saturated carbocycles. The summed E-state index contributed by atoms with van der Waals surface area (Å²) in [4.78, 5) is 6.33. The van der Waals surface area contributed by atoms with Gasteiger partial charge in [0.1, 0.15) is 5.56 Å². The third kappa shape index (κ3) is 5.63. The van der Waals surface area contributed by atoms with E-state index in [-0.39, 0.29) is 6.67 Å². The highest BCUT2D eigenvalue weighted by atomic mass is 19.4. The molecule has 0 atom stereocenters. The van der Waals surface area contributed by atoms with Crippen molar-refractivity contribution in [3.05, 3.63) is 94.2 Å². The second-order valence-electron chi connectivity index (χ2n) is 10.2. The van der Waals surface area contributed by atoms with Gasteiger partial charge in [0.15, 0.2) is 0 Å². The molecule has 1 fully saturated rings. The van der Waals surface area contributed by atoms with Crippen molar-refractivity contribution in [1.29, 1.82) is 0 Å². The van der Waals surface area contributed by atoms with Gasteiger partial charge in [0.2, 0.25) is 5.88 Å². The lowest BCUT2D eigenvalue weighted by atomic mass is 9.86. The van der Waals surface area contributed by atoms with E-state index in [0.717, 1.165) is 61.2 Å². The first-order chi connectivity index (χ1) is 18.4. The molecule has 1 aliphatic carbocycles. The molecule has 7 heteroatoms. The van der Waals surface area contributed by atoms with Gasteiger partial charge < -0.3 is 9.64 Å². The monoisotopic (exact) mass is 524 g/mol. The maximum absolute atomic E-state index is 13.8. The summed E-state index contributed by atoms with van der Waals surface area (Å²) in [5.41, 5.74) is 5.91. The van der Waals surface area contributed by atoms with Crippen molar-refractivity contribution >= 4 is 11.1 Å². The van der Waals surface area contributed by atoms with Crippen molar-refractivity contribution in [2.75, 3.05) is 33.4 Å². The van der Waals surface area contributed by atoms with Crippen molar-refractivity contribution in [3.63, 3.8) is 0 Å². The van der Waals surface area contributed by atoms with Crippen LogP contribution in [0.5, 0.6) is 5.88 Å². The number of allylic oxidation sites excluding steroid dienone is 1. The second-order valence-corrected chi connectivity index (χ2v) is 10.2. The van der Waals surface area contributed by atoms with E-state index in [2.05, 4.69) is 46.3 Å². The number of benzene rings is 2. The molecule has 3 nitrogen and oxygen atoms in total. The summed E-state index contributed by atoms with van der Waals surface area (Å²) in [7, 11) is 1.20. The molecule has 1 aromatic heterocycles. The molecule has 0 bridgehead atoms. The van der Waals surface area contributed by atoms with Crippen LogP contribution in [0.1, 0.15) is 52.6 Å². The molecule has 38 heavy (non-hydrogen) atoms. The Bertz CT molecular complexity index is 1290. The van der Waals surface area contributed by atoms with Crippen LogP contribution in [0, 0.1) is 5.92 Å². The minimum atomic E-state index is -4.57. The first-order valence-electron chi connectivity index (χ1n) is 13.2. The molecule has 2 aromatic carbocycles. The summed E-state index contributed by atoms with van der Waals surface area (Å²) < 4.78 is 58.8. The topological polar surface area (TPSA) is 25.4 Å². The zero-order valence-electron chi connectivity index (χ0n) is 21.5. The summed E-state index contributed by atoms with van der Waals surface area (Å²) >= 11 is 0. The van der Waals surface area contributed by atoms with Crippen LogP contribution in [0.3, 0.4) is 0 Å². The lowest BCUT2D eigenvalue weighted by molar-refractivity contribution is -0.139. The van der Waals surface area contributed by atoms with Crippen LogP contribution in [0.25, 0.3) is 11.1 Å². The largest absolute Gasteiger partial charge is 0.481 e. The zero-order valence-corrected chi connectivity index (χ0v) is 21.5. The Hall–Kier alpha value is -3.19. The van der Waals surface area contributed by atoms with E-state index in [1.54, 1.807) is 0 Å². The maximum Gasteiger partial charge on any atom is 0.421 e. The minimum Gasteiger partial charge on any atom is -0.481 e. The number of hydrogen-bond acceptors (Lipinski definition) is 3. The van der Waals surface area contributed by atoms with Gasteiger partial charge in [-0.3, -0.25) is 4.39 Å². The Morgan fingerprint density at radius 2 is 1.76 bits per heavy atom. The third-order valence-electron chi connectivity index (χ3n) is 7.57. The number of methoxy groups -OCH3 is 1. The average Bonchev–Trinajstić information content (AvgIpc) is 3.09. The number of hydrogen-bond donors (Lipinski definition) is 0. The Kier molecular flexibility index (Phi) is 7.84. The van der Waals surface area contributed by atoms with Gasteiger partial charge in [-0.1, -0.05) is 48.5 Å². The molecule has 1 aliphatic heterocycles. The molecule has 0 amide bonds. The third-order valence-corrected chi connectivity index (χ3v) is 7.57. The van der Waals surface area contributed by atoms with Gasteiger partial charge in [0.05, 0.1) is 13.8 Å². The Balaban J connectivity index is 1.51. The molecule has 0 N–H and O–H groups in total. The van der Waals surface area contributed by atoms with Crippen molar-refractivity contribution < 1.29 is 22.3 Å². The lowest BCUT2D eigenvalue weighted by Gasteiger charge is -2.39. The molecule has 2 heterocycles. The summed E-state index contributed by atoms with van der Waals surface area (Å²) in [6, 6.07) is 17.8. The second kappa shape index (κ2) is 11.3. The van der Waals surface area contributed by atoms with E-state index >= 15 is 0 Å². The average molecular weight is 525 g/mol.